The zero-order chi connectivity index (χ0) is 52.5. The van der Waals surface area contributed by atoms with E-state index in [4.69, 9.17) is 18.9 Å². The topological polar surface area (TPSA) is 122 Å². The molecule has 0 amide bonds. The molecule has 0 N–H and O–H groups in total. The molecular weight excluding hydrogens is 889 g/mol. The van der Waals surface area contributed by atoms with Crippen molar-refractivity contribution in [1.82, 2.24) is 0 Å². The number of allylic oxidation sites excluding steroid dienone is 1. The van der Waals surface area contributed by atoms with Gasteiger partial charge in [0.05, 0.1) is 0 Å². The van der Waals surface area contributed by atoms with Crippen LogP contribution in [-0.4, -0.2) is 53.6 Å². The maximum Gasteiger partial charge on any atom is 0.306 e. The number of fused-ring (bicyclic) bond motifs is 5. The molecule has 9 nitrogen and oxygen atoms in total. The molecule has 0 saturated heterocycles. The van der Waals surface area contributed by atoms with Crippen LogP contribution < -0.4 is 0 Å². The van der Waals surface area contributed by atoms with Crippen LogP contribution >= 0.6 is 0 Å². The number of unbranched alkanes of at least 4 members (excludes halogenated alkanes) is 16. The monoisotopic (exact) mass is 995 g/mol. The SMILES string of the molecule is CCCCCCCC(=O)O[C@@H](C[C@@H](C)C1=C2C[C@H](OC(=O)CCCCCCC)[C@H]3[C@@]4(C)CCC(=O)C(C)(C)[C@@H]4CC[C@]3(C)[C@@]2(C)CC1)[C@@H](OC(=O)CCCCCCC)C(C)(C)OC(=O)CCCCCCC. The van der Waals surface area contributed by atoms with E-state index in [0.29, 0.717) is 37.9 Å². The molecule has 0 aromatic heterocycles. The first-order valence-electron chi connectivity index (χ1n) is 29.7. The lowest BCUT2D eigenvalue weighted by Gasteiger charge is -2.69. The average molecular weight is 996 g/mol. The molecule has 408 valence electrons. The molecule has 4 rings (SSSR count). The van der Waals surface area contributed by atoms with E-state index in [1.807, 2.05) is 13.8 Å². The van der Waals surface area contributed by atoms with Gasteiger partial charge in [-0.25, -0.2) is 0 Å². The van der Waals surface area contributed by atoms with Gasteiger partial charge in [-0.1, -0.05) is 183 Å². The van der Waals surface area contributed by atoms with Crippen LogP contribution in [0.5, 0.6) is 0 Å². The van der Waals surface area contributed by atoms with E-state index in [1.54, 1.807) is 0 Å². The maximum absolute atomic E-state index is 14.1. The van der Waals surface area contributed by atoms with Crippen LogP contribution in [0.2, 0.25) is 0 Å². The molecule has 0 aliphatic heterocycles. The van der Waals surface area contributed by atoms with Gasteiger partial charge < -0.3 is 18.9 Å². The summed E-state index contributed by atoms with van der Waals surface area (Å²) in [6.07, 6.45) is 25.3. The minimum atomic E-state index is -1.28. The van der Waals surface area contributed by atoms with E-state index in [0.717, 1.165) is 148 Å². The third kappa shape index (κ3) is 15.7. The average Bonchev–Trinajstić information content (AvgIpc) is 3.66. The lowest BCUT2D eigenvalue weighted by molar-refractivity contribution is -0.218. The molecule has 0 aromatic carbocycles. The van der Waals surface area contributed by atoms with Crippen LogP contribution in [-0.2, 0) is 42.9 Å². The highest BCUT2D eigenvalue weighted by molar-refractivity contribution is 5.85. The summed E-state index contributed by atoms with van der Waals surface area (Å²) in [5, 5.41) is 0. The number of Topliss-reactive ketones (excluding diaryl/α,β-unsaturated/α-hetero) is 1. The van der Waals surface area contributed by atoms with Gasteiger partial charge in [-0.2, -0.15) is 0 Å². The first-order valence-corrected chi connectivity index (χ1v) is 29.7. The van der Waals surface area contributed by atoms with Crippen molar-refractivity contribution < 1.29 is 42.9 Å². The van der Waals surface area contributed by atoms with Crippen molar-refractivity contribution in [3.8, 4) is 0 Å². The third-order valence-corrected chi connectivity index (χ3v) is 19.0. The molecule has 4 aliphatic carbocycles. The number of carbonyl (C=O) groups excluding carboxylic acids is 5. The fourth-order valence-corrected chi connectivity index (χ4v) is 14.7. The number of ketones is 1. The molecule has 0 heterocycles. The van der Waals surface area contributed by atoms with E-state index >= 15 is 0 Å². The van der Waals surface area contributed by atoms with Gasteiger partial charge in [0.25, 0.3) is 0 Å². The van der Waals surface area contributed by atoms with E-state index < -0.39 is 23.2 Å². The van der Waals surface area contributed by atoms with Crippen molar-refractivity contribution >= 4 is 29.7 Å². The first kappa shape index (κ1) is 60.8. The fourth-order valence-electron chi connectivity index (χ4n) is 14.7. The number of rotatable bonds is 33. The summed E-state index contributed by atoms with van der Waals surface area (Å²) in [6.45, 7) is 26.3. The molecule has 9 atom stereocenters. The summed E-state index contributed by atoms with van der Waals surface area (Å²) in [5.41, 5.74) is 0.418. The molecule has 71 heavy (non-hydrogen) atoms. The normalized spacial score (nSPS) is 27.2. The van der Waals surface area contributed by atoms with E-state index in [-0.39, 0.29) is 83.2 Å². The Morgan fingerprint density at radius 2 is 1.08 bits per heavy atom. The van der Waals surface area contributed by atoms with Crippen molar-refractivity contribution in [3.63, 3.8) is 0 Å². The van der Waals surface area contributed by atoms with Gasteiger partial charge in [-0.3, -0.25) is 24.0 Å². The van der Waals surface area contributed by atoms with Crippen molar-refractivity contribution in [2.75, 3.05) is 0 Å². The minimum Gasteiger partial charge on any atom is -0.462 e. The van der Waals surface area contributed by atoms with Crippen LogP contribution in [0.15, 0.2) is 11.1 Å². The summed E-state index contributed by atoms with van der Waals surface area (Å²) in [7, 11) is 0. The van der Waals surface area contributed by atoms with E-state index in [1.165, 1.54) is 17.6 Å². The van der Waals surface area contributed by atoms with Crippen LogP contribution in [0.4, 0.5) is 0 Å². The summed E-state index contributed by atoms with van der Waals surface area (Å²) in [4.78, 5) is 69.3. The second-order valence-corrected chi connectivity index (χ2v) is 25.0. The number of esters is 4. The third-order valence-electron chi connectivity index (χ3n) is 19.0. The minimum absolute atomic E-state index is 0.0808. The Labute approximate surface area is 434 Å². The predicted octanol–water partition coefficient (Wildman–Crippen LogP) is 16.4. The Kier molecular flexibility index (Phi) is 24.2. The second-order valence-electron chi connectivity index (χ2n) is 25.0. The predicted molar refractivity (Wildman–Crippen MR) is 287 cm³/mol. The lowest BCUT2D eigenvalue weighted by atomic mass is 9.36. The fraction of sp³-hybridized carbons (Fsp3) is 0.887. The number of ether oxygens (including phenoxy) is 4. The zero-order valence-corrected chi connectivity index (χ0v) is 47.8. The smallest absolute Gasteiger partial charge is 0.306 e. The van der Waals surface area contributed by atoms with Crippen molar-refractivity contribution in [3.05, 3.63) is 11.1 Å². The molecule has 9 heteroatoms. The largest absolute Gasteiger partial charge is 0.462 e. The van der Waals surface area contributed by atoms with E-state index in [9.17, 15) is 24.0 Å². The summed E-state index contributed by atoms with van der Waals surface area (Å²) >= 11 is 0. The van der Waals surface area contributed by atoms with Crippen molar-refractivity contribution in [2.24, 2.45) is 39.4 Å². The molecule has 0 spiro atoms. The van der Waals surface area contributed by atoms with Gasteiger partial charge in [0.15, 0.2) is 6.10 Å². The van der Waals surface area contributed by atoms with Gasteiger partial charge >= 0.3 is 23.9 Å². The Morgan fingerprint density at radius 1 is 0.606 bits per heavy atom. The molecule has 3 fully saturated rings. The maximum atomic E-state index is 14.1. The molecular formula is C62H106O9. The highest BCUT2D eigenvalue weighted by atomic mass is 16.6. The van der Waals surface area contributed by atoms with Crippen molar-refractivity contribution in [2.45, 2.75) is 312 Å². The molecule has 0 aromatic rings. The number of carbonyl (C=O) groups is 5. The van der Waals surface area contributed by atoms with Gasteiger partial charge in [0.1, 0.15) is 23.6 Å². The standard InChI is InChI=1S/C62H106O9/c1-13-17-21-25-29-33-52(64)68-48-44-47-46(37-41-61(47,11)62(12)42-38-50-58(6,7)51(63)39-40-60(50,10)56(48)62)45(5)43-49(69-53(65)34-30-26-22-18-14-2)57(70-54(66)35-31-27-23-19-15-3)59(8,9)71-55(67)36-32-28-24-20-16-4/h45,48-50,56-57H,13-44H2,1-12H3/t45-,48+,49+,50+,56+,57-,60+,61+,62+/m1/s1. The number of hydrogen-bond acceptors (Lipinski definition) is 9. The second kappa shape index (κ2) is 28.3. The summed E-state index contributed by atoms with van der Waals surface area (Å²) < 4.78 is 26.2. The van der Waals surface area contributed by atoms with Gasteiger partial charge in [0.2, 0.25) is 0 Å². The first-order chi connectivity index (χ1) is 33.7. The van der Waals surface area contributed by atoms with E-state index in [2.05, 4.69) is 69.2 Å². The molecule has 0 radical (unpaired) electrons. The highest BCUT2D eigenvalue weighted by Gasteiger charge is 2.70. The molecule has 4 aliphatic rings. The quantitative estimate of drug-likeness (QED) is 0.0274. The number of hydrogen-bond donors (Lipinski definition) is 0. The summed E-state index contributed by atoms with van der Waals surface area (Å²) in [6, 6.07) is 0. The zero-order valence-electron chi connectivity index (χ0n) is 47.8. The Bertz CT molecular complexity index is 1740. The van der Waals surface area contributed by atoms with Crippen LogP contribution in [0.25, 0.3) is 0 Å². The van der Waals surface area contributed by atoms with Gasteiger partial charge in [-0.15, -0.1) is 0 Å². The van der Waals surface area contributed by atoms with Gasteiger partial charge in [0, 0.05) is 49.9 Å². The Balaban J connectivity index is 1.76. The van der Waals surface area contributed by atoms with Crippen LogP contribution in [0.1, 0.15) is 289 Å². The Hall–Kier alpha value is -2.71. The summed E-state index contributed by atoms with van der Waals surface area (Å²) in [5.74, 6) is -0.566. The lowest BCUT2D eigenvalue weighted by Crippen LogP contribution is -2.66. The van der Waals surface area contributed by atoms with Gasteiger partial charge in [-0.05, 0) is 106 Å². The van der Waals surface area contributed by atoms with Crippen LogP contribution in [0, 0.1) is 39.4 Å². The molecule has 3 saturated carbocycles. The van der Waals surface area contributed by atoms with Crippen molar-refractivity contribution in [1.29, 1.82) is 0 Å². The molecule has 0 unspecified atom stereocenters. The Morgan fingerprint density at radius 3 is 1.61 bits per heavy atom. The van der Waals surface area contributed by atoms with Crippen LogP contribution in [0.3, 0.4) is 0 Å². The highest BCUT2D eigenvalue weighted by Crippen LogP contribution is 2.74. The molecule has 0 bridgehead atoms.